The molecule has 0 amide bonds. The van der Waals surface area contributed by atoms with E-state index in [1.54, 1.807) is 12.3 Å². The topological polar surface area (TPSA) is 91.6 Å². The van der Waals surface area contributed by atoms with Crippen LogP contribution in [0, 0.1) is 5.92 Å². The van der Waals surface area contributed by atoms with Crippen molar-refractivity contribution in [1.82, 2.24) is 20.1 Å². The largest absolute Gasteiger partial charge is 0.466 e. The number of aliphatic hydroxyl groups excluding tert-OH is 1. The molecule has 2 N–H and O–H groups in total. The lowest BCUT2D eigenvalue weighted by atomic mass is 9.65. The maximum Gasteiger partial charge on any atom is 0.242 e. The van der Waals surface area contributed by atoms with E-state index >= 15 is 0 Å². The van der Waals surface area contributed by atoms with Crippen LogP contribution in [-0.2, 0) is 6.61 Å². The fourth-order valence-corrected chi connectivity index (χ4v) is 6.40. The summed E-state index contributed by atoms with van der Waals surface area (Å²) >= 11 is 6.34. The molecule has 4 aromatic rings. The number of rotatable bonds is 7. The lowest BCUT2D eigenvalue weighted by Crippen LogP contribution is -2.59. The standard InChI is InChI=1S/C29H29ClN4O3/c1-3-29(36)15-25-23(29)11-13-34(25)17(2)26(19-10-12-31-24-9-8-18(16-35)14-22(19)24)37-28-21-7-5-4-6-20(21)27(30)32-33-28/h3-10,12,14,17,23,25-26,35-36H,1,11,13,15-16H2,2H3/t17-,23-,25?,26+,29+/m1/s1. The van der Waals surface area contributed by atoms with Gasteiger partial charge in [0.15, 0.2) is 5.15 Å². The van der Waals surface area contributed by atoms with E-state index in [0.717, 1.165) is 45.8 Å². The Kier molecular flexibility index (Phi) is 6.12. The van der Waals surface area contributed by atoms with Gasteiger partial charge in [-0.3, -0.25) is 9.88 Å². The molecule has 5 atom stereocenters. The maximum absolute atomic E-state index is 10.9. The highest BCUT2D eigenvalue weighted by atomic mass is 35.5. The third-order valence-corrected chi connectivity index (χ3v) is 8.54. The smallest absolute Gasteiger partial charge is 0.242 e. The maximum atomic E-state index is 10.9. The molecular formula is C29H29ClN4O3. The fourth-order valence-electron chi connectivity index (χ4n) is 6.20. The van der Waals surface area contributed by atoms with Crippen molar-refractivity contribution in [3.8, 4) is 5.88 Å². The molecule has 190 valence electrons. The van der Waals surface area contributed by atoms with Gasteiger partial charge in [0.1, 0.15) is 6.10 Å². The summed E-state index contributed by atoms with van der Waals surface area (Å²) in [5, 5.41) is 32.0. The average molecular weight is 517 g/mol. The number of fused-ring (bicyclic) bond motifs is 3. The number of aromatic nitrogens is 3. The number of benzene rings is 2. The number of pyridine rings is 1. The van der Waals surface area contributed by atoms with Crippen molar-refractivity contribution in [3.05, 3.63) is 83.7 Å². The van der Waals surface area contributed by atoms with Gasteiger partial charge in [-0.2, -0.15) is 0 Å². The van der Waals surface area contributed by atoms with Crippen LogP contribution in [0.1, 0.15) is 37.0 Å². The minimum absolute atomic E-state index is 0.0519. The van der Waals surface area contributed by atoms with Gasteiger partial charge in [0.2, 0.25) is 5.88 Å². The van der Waals surface area contributed by atoms with Gasteiger partial charge in [-0.1, -0.05) is 41.9 Å². The number of halogens is 1. The first-order valence-electron chi connectivity index (χ1n) is 12.6. The van der Waals surface area contributed by atoms with E-state index in [0.29, 0.717) is 17.5 Å². The second-order valence-corrected chi connectivity index (χ2v) is 10.5. The monoisotopic (exact) mass is 516 g/mol. The first kappa shape index (κ1) is 24.2. The Hall–Kier alpha value is -3.10. The van der Waals surface area contributed by atoms with Gasteiger partial charge in [-0.25, -0.2) is 0 Å². The molecule has 0 spiro atoms. The summed E-state index contributed by atoms with van der Waals surface area (Å²) in [5.74, 6) is 0.575. The molecular weight excluding hydrogens is 488 g/mol. The number of ether oxygens (including phenoxy) is 1. The van der Waals surface area contributed by atoms with Crippen molar-refractivity contribution in [1.29, 1.82) is 0 Å². The Balaban J connectivity index is 1.45. The van der Waals surface area contributed by atoms with E-state index in [-0.39, 0.29) is 24.6 Å². The van der Waals surface area contributed by atoms with Gasteiger partial charge in [0, 0.05) is 45.9 Å². The molecule has 3 heterocycles. The molecule has 2 aromatic heterocycles. The molecule has 37 heavy (non-hydrogen) atoms. The van der Waals surface area contributed by atoms with E-state index in [1.165, 1.54) is 0 Å². The second kappa shape index (κ2) is 9.33. The molecule has 1 aliphatic carbocycles. The first-order valence-corrected chi connectivity index (χ1v) is 13.0. The molecule has 1 saturated carbocycles. The third-order valence-electron chi connectivity index (χ3n) is 8.26. The third kappa shape index (κ3) is 3.97. The summed E-state index contributed by atoms with van der Waals surface area (Å²) in [5.41, 5.74) is 1.79. The van der Waals surface area contributed by atoms with Crippen LogP contribution in [0.25, 0.3) is 21.7 Å². The predicted molar refractivity (Wildman–Crippen MR) is 143 cm³/mol. The molecule has 1 aliphatic heterocycles. The van der Waals surface area contributed by atoms with Crippen molar-refractivity contribution in [2.24, 2.45) is 5.92 Å². The predicted octanol–water partition coefficient (Wildman–Crippen LogP) is 4.84. The van der Waals surface area contributed by atoms with Gasteiger partial charge < -0.3 is 14.9 Å². The van der Waals surface area contributed by atoms with E-state index < -0.39 is 11.7 Å². The molecule has 0 bridgehead atoms. The zero-order valence-corrected chi connectivity index (χ0v) is 21.3. The van der Waals surface area contributed by atoms with Crippen LogP contribution >= 0.6 is 11.6 Å². The van der Waals surface area contributed by atoms with Crippen LogP contribution in [0.15, 0.2) is 67.4 Å². The highest BCUT2D eigenvalue weighted by Crippen LogP contribution is 2.51. The summed E-state index contributed by atoms with van der Waals surface area (Å²) in [7, 11) is 0. The minimum Gasteiger partial charge on any atom is -0.466 e. The molecule has 2 fully saturated rings. The van der Waals surface area contributed by atoms with Crippen LogP contribution in [0.5, 0.6) is 5.88 Å². The lowest BCUT2D eigenvalue weighted by Gasteiger charge is -2.51. The lowest BCUT2D eigenvalue weighted by molar-refractivity contribution is -0.0982. The Morgan fingerprint density at radius 2 is 2.00 bits per heavy atom. The zero-order chi connectivity index (χ0) is 25.7. The normalized spacial score (nSPS) is 25.0. The second-order valence-electron chi connectivity index (χ2n) is 10.1. The van der Waals surface area contributed by atoms with E-state index in [9.17, 15) is 10.2 Å². The Labute approximate surface area is 220 Å². The summed E-state index contributed by atoms with van der Waals surface area (Å²) in [6.45, 7) is 6.81. The number of likely N-dealkylation sites (tertiary alicyclic amines) is 1. The van der Waals surface area contributed by atoms with Gasteiger partial charge >= 0.3 is 0 Å². The van der Waals surface area contributed by atoms with E-state index in [2.05, 4.69) is 33.6 Å². The number of nitrogens with zero attached hydrogens (tertiary/aromatic N) is 4. The Morgan fingerprint density at radius 3 is 2.78 bits per heavy atom. The highest BCUT2D eigenvalue weighted by Gasteiger charge is 2.57. The molecule has 2 aliphatic rings. The van der Waals surface area contributed by atoms with Gasteiger partial charge in [0.05, 0.1) is 17.7 Å². The summed E-state index contributed by atoms with van der Waals surface area (Å²) in [4.78, 5) is 6.98. The van der Waals surface area contributed by atoms with Gasteiger partial charge in [-0.15, -0.1) is 16.8 Å². The number of aliphatic hydroxyl groups is 2. The fraction of sp³-hybridized carbons (Fsp3) is 0.345. The van der Waals surface area contributed by atoms with Crippen LogP contribution < -0.4 is 4.74 Å². The molecule has 7 nitrogen and oxygen atoms in total. The van der Waals surface area contributed by atoms with Crippen molar-refractivity contribution in [2.75, 3.05) is 6.54 Å². The highest BCUT2D eigenvalue weighted by molar-refractivity contribution is 6.34. The molecule has 1 saturated heterocycles. The van der Waals surface area contributed by atoms with Crippen LogP contribution in [0.2, 0.25) is 5.15 Å². The number of hydrogen-bond donors (Lipinski definition) is 2. The van der Waals surface area contributed by atoms with Crippen LogP contribution in [0.3, 0.4) is 0 Å². The number of hydrogen-bond acceptors (Lipinski definition) is 7. The van der Waals surface area contributed by atoms with Crippen molar-refractivity contribution < 1.29 is 14.9 Å². The molecule has 8 heteroatoms. The van der Waals surface area contributed by atoms with E-state index in [1.807, 2.05) is 48.5 Å². The van der Waals surface area contributed by atoms with Crippen molar-refractivity contribution >= 4 is 33.3 Å². The van der Waals surface area contributed by atoms with Crippen molar-refractivity contribution in [3.63, 3.8) is 0 Å². The molecule has 1 unspecified atom stereocenters. The first-order chi connectivity index (χ1) is 17.9. The van der Waals surface area contributed by atoms with Gasteiger partial charge in [0.25, 0.3) is 0 Å². The summed E-state index contributed by atoms with van der Waals surface area (Å²) < 4.78 is 6.76. The zero-order valence-electron chi connectivity index (χ0n) is 20.6. The van der Waals surface area contributed by atoms with Gasteiger partial charge in [-0.05, 0) is 56.1 Å². The average Bonchev–Trinajstić information content (AvgIpc) is 3.30. The molecule has 2 aromatic carbocycles. The Bertz CT molecular complexity index is 1500. The molecule has 0 radical (unpaired) electrons. The summed E-state index contributed by atoms with van der Waals surface area (Å²) in [6.07, 6.45) is 4.62. The van der Waals surface area contributed by atoms with Crippen LogP contribution in [0.4, 0.5) is 0 Å². The SMILES string of the molecule is C=C[C@]1(O)CC2[C@H]1CCN2[C@H](C)[C@H](Oc1nnc(Cl)c2ccccc12)c1ccnc2ccc(CO)cc12. The summed E-state index contributed by atoms with van der Waals surface area (Å²) in [6, 6.07) is 15.6. The quantitative estimate of drug-likeness (QED) is 0.339. The Morgan fingerprint density at radius 1 is 1.19 bits per heavy atom. The van der Waals surface area contributed by atoms with E-state index in [4.69, 9.17) is 16.3 Å². The van der Waals surface area contributed by atoms with Crippen molar-refractivity contribution in [2.45, 2.75) is 50.2 Å². The molecule has 6 rings (SSSR count). The minimum atomic E-state index is -0.799. The van der Waals surface area contributed by atoms with Crippen LogP contribution in [-0.4, -0.2) is 54.5 Å².